The zero-order chi connectivity index (χ0) is 23.8. The molecule has 9 heteroatoms. The molecule has 2 aromatic carbocycles. The summed E-state index contributed by atoms with van der Waals surface area (Å²) >= 11 is 6.02. The second-order valence-electron chi connectivity index (χ2n) is 7.90. The van der Waals surface area contributed by atoms with Gasteiger partial charge in [0, 0.05) is 23.1 Å². The van der Waals surface area contributed by atoms with Crippen LogP contribution < -0.4 is 10.9 Å². The number of hydrogen-bond donors (Lipinski definition) is 1. The Morgan fingerprint density at radius 2 is 1.74 bits per heavy atom. The maximum absolute atomic E-state index is 13.7. The first-order valence-corrected chi connectivity index (χ1v) is 11.1. The summed E-state index contributed by atoms with van der Waals surface area (Å²) in [6, 6.07) is 19.3. The average molecular weight is 473 g/mol. The first kappa shape index (κ1) is 21.7. The summed E-state index contributed by atoms with van der Waals surface area (Å²) < 4.78 is 4.77. The largest absolute Gasteiger partial charge is 0.324 e. The SMILES string of the molecule is Cc1nn([C@@H](C)C(=O)Nc2cccc(Cl)c2)c(=O)c2c(-n3cccc3)n(-c3ccccc3)nc12. The number of para-hydroxylation sites is 1. The van der Waals surface area contributed by atoms with Gasteiger partial charge in [0.1, 0.15) is 16.9 Å². The summed E-state index contributed by atoms with van der Waals surface area (Å²) in [5.74, 6) is 0.200. The van der Waals surface area contributed by atoms with Gasteiger partial charge in [-0.05, 0) is 56.3 Å². The molecule has 5 aromatic rings. The molecular formula is C25H21ClN6O2. The topological polar surface area (TPSA) is 86.7 Å². The van der Waals surface area contributed by atoms with Crippen molar-refractivity contribution in [1.29, 1.82) is 0 Å². The molecule has 0 bridgehead atoms. The lowest BCUT2D eigenvalue weighted by Crippen LogP contribution is -2.34. The van der Waals surface area contributed by atoms with Crippen molar-refractivity contribution in [2.75, 3.05) is 5.32 Å². The number of hydrogen-bond acceptors (Lipinski definition) is 4. The van der Waals surface area contributed by atoms with E-state index in [2.05, 4.69) is 10.4 Å². The smallest absolute Gasteiger partial charge is 0.280 e. The number of aromatic nitrogens is 5. The molecule has 1 amide bonds. The number of carbonyl (C=O) groups is 1. The predicted molar refractivity (Wildman–Crippen MR) is 132 cm³/mol. The van der Waals surface area contributed by atoms with Crippen molar-refractivity contribution < 1.29 is 4.79 Å². The highest BCUT2D eigenvalue weighted by Crippen LogP contribution is 2.25. The van der Waals surface area contributed by atoms with Gasteiger partial charge in [0.05, 0.1) is 11.4 Å². The summed E-state index contributed by atoms with van der Waals surface area (Å²) in [7, 11) is 0. The van der Waals surface area contributed by atoms with Gasteiger partial charge in [0.15, 0.2) is 5.82 Å². The molecule has 0 aliphatic carbocycles. The van der Waals surface area contributed by atoms with E-state index in [4.69, 9.17) is 16.7 Å². The molecule has 0 aliphatic rings. The van der Waals surface area contributed by atoms with E-state index in [1.165, 1.54) is 4.68 Å². The van der Waals surface area contributed by atoms with Crippen LogP contribution in [-0.2, 0) is 4.79 Å². The Labute approximate surface area is 200 Å². The number of halogens is 1. The van der Waals surface area contributed by atoms with Crippen LogP contribution in [0.5, 0.6) is 0 Å². The molecule has 0 saturated carbocycles. The van der Waals surface area contributed by atoms with Crippen LogP contribution in [0.15, 0.2) is 83.9 Å². The maximum atomic E-state index is 13.7. The van der Waals surface area contributed by atoms with Crippen LogP contribution in [0.1, 0.15) is 18.7 Å². The number of aryl methyl sites for hydroxylation is 1. The minimum Gasteiger partial charge on any atom is -0.324 e. The molecule has 0 unspecified atom stereocenters. The third-order valence-electron chi connectivity index (χ3n) is 5.57. The average Bonchev–Trinajstić information content (AvgIpc) is 3.50. The third-order valence-corrected chi connectivity index (χ3v) is 5.81. The lowest BCUT2D eigenvalue weighted by molar-refractivity contribution is -0.119. The molecule has 34 heavy (non-hydrogen) atoms. The normalized spacial score (nSPS) is 12.1. The Morgan fingerprint density at radius 3 is 2.44 bits per heavy atom. The first-order chi connectivity index (χ1) is 16.4. The highest BCUT2D eigenvalue weighted by atomic mass is 35.5. The van der Waals surface area contributed by atoms with Gasteiger partial charge < -0.3 is 9.88 Å². The molecule has 3 heterocycles. The van der Waals surface area contributed by atoms with Gasteiger partial charge in [-0.25, -0.2) is 9.36 Å². The van der Waals surface area contributed by atoms with Gasteiger partial charge in [-0.2, -0.15) is 10.2 Å². The van der Waals surface area contributed by atoms with E-state index in [0.717, 1.165) is 5.69 Å². The van der Waals surface area contributed by atoms with Crippen molar-refractivity contribution in [2.45, 2.75) is 19.9 Å². The van der Waals surface area contributed by atoms with Crippen LogP contribution in [0.2, 0.25) is 5.02 Å². The van der Waals surface area contributed by atoms with Crippen LogP contribution >= 0.6 is 11.6 Å². The molecule has 0 aliphatic heterocycles. The lowest BCUT2D eigenvalue weighted by atomic mass is 10.2. The number of nitrogens with one attached hydrogen (secondary N) is 1. The fourth-order valence-corrected chi connectivity index (χ4v) is 4.07. The summed E-state index contributed by atoms with van der Waals surface area (Å²) in [5.41, 5.74) is 1.97. The van der Waals surface area contributed by atoms with Gasteiger partial charge in [0.25, 0.3) is 5.56 Å². The molecule has 0 fully saturated rings. The van der Waals surface area contributed by atoms with E-state index < -0.39 is 11.6 Å². The van der Waals surface area contributed by atoms with E-state index in [-0.39, 0.29) is 5.91 Å². The molecule has 170 valence electrons. The number of nitrogens with zero attached hydrogens (tertiary/aromatic N) is 5. The number of rotatable bonds is 5. The van der Waals surface area contributed by atoms with E-state index in [0.29, 0.717) is 33.1 Å². The first-order valence-electron chi connectivity index (χ1n) is 10.7. The third kappa shape index (κ3) is 3.78. The second-order valence-corrected chi connectivity index (χ2v) is 8.33. The van der Waals surface area contributed by atoms with Crippen LogP contribution in [0.3, 0.4) is 0 Å². The Morgan fingerprint density at radius 1 is 1.00 bits per heavy atom. The number of amides is 1. The molecule has 1 atom stereocenters. The minimum atomic E-state index is -0.868. The zero-order valence-electron chi connectivity index (χ0n) is 18.5. The van der Waals surface area contributed by atoms with E-state index in [1.54, 1.807) is 42.8 Å². The van der Waals surface area contributed by atoms with Crippen LogP contribution in [-0.4, -0.2) is 30.0 Å². The predicted octanol–water partition coefficient (Wildman–Crippen LogP) is 4.53. The molecule has 5 rings (SSSR count). The van der Waals surface area contributed by atoms with Crippen LogP contribution in [0, 0.1) is 6.92 Å². The lowest BCUT2D eigenvalue weighted by Gasteiger charge is -2.15. The van der Waals surface area contributed by atoms with Gasteiger partial charge >= 0.3 is 0 Å². The maximum Gasteiger partial charge on any atom is 0.280 e. The number of fused-ring (bicyclic) bond motifs is 1. The highest BCUT2D eigenvalue weighted by Gasteiger charge is 2.25. The zero-order valence-corrected chi connectivity index (χ0v) is 19.3. The molecule has 3 aromatic heterocycles. The summed E-state index contributed by atoms with van der Waals surface area (Å²) in [6.07, 6.45) is 3.70. The quantitative estimate of drug-likeness (QED) is 0.407. The monoisotopic (exact) mass is 472 g/mol. The summed E-state index contributed by atoms with van der Waals surface area (Å²) in [4.78, 5) is 26.7. The molecule has 0 spiro atoms. The van der Waals surface area contributed by atoms with Gasteiger partial charge in [-0.3, -0.25) is 9.59 Å². The standard InChI is InChI=1S/C25H21ClN6O2/c1-16-22-21(24(30-13-6-7-14-30)32(29-22)20-11-4-3-5-12-20)25(34)31(28-16)17(2)23(33)27-19-10-8-9-18(26)15-19/h3-15,17H,1-2H3,(H,27,33)/t17-/m0/s1. The molecule has 0 saturated heterocycles. The Hall–Kier alpha value is -4.17. The van der Waals surface area contributed by atoms with Crippen molar-refractivity contribution in [3.8, 4) is 11.5 Å². The minimum absolute atomic E-state index is 0.381. The highest BCUT2D eigenvalue weighted by molar-refractivity contribution is 6.30. The van der Waals surface area contributed by atoms with Crippen molar-refractivity contribution in [3.05, 3.63) is 100 Å². The Kier molecular flexibility index (Phi) is 5.51. The Bertz CT molecular complexity index is 1550. The number of anilines is 1. The van der Waals surface area contributed by atoms with Crippen molar-refractivity contribution in [3.63, 3.8) is 0 Å². The molecule has 1 N–H and O–H groups in total. The fourth-order valence-electron chi connectivity index (χ4n) is 3.88. The Balaban J connectivity index is 1.67. The fraction of sp³-hybridized carbons (Fsp3) is 0.120. The summed E-state index contributed by atoms with van der Waals surface area (Å²) in [6.45, 7) is 3.41. The van der Waals surface area contributed by atoms with Gasteiger partial charge in [-0.1, -0.05) is 35.9 Å². The van der Waals surface area contributed by atoms with E-state index in [9.17, 15) is 9.59 Å². The molecular weight excluding hydrogens is 452 g/mol. The van der Waals surface area contributed by atoms with Crippen molar-refractivity contribution in [1.82, 2.24) is 24.1 Å². The summed E-state index contributed by atoms with van der Waals surface area (Å²) in [5, 5.41) is 12.9. The van der Waals surface area contributed by atoms with Crippen molar-refractivity contribution in [2.24, 2.45) is 0 Å². The van der Waals surface area contributed by atoms with Gasteiger partial charge in [-0.15, -0.1) is 0 Å². The van der Waals surface area contributed by atoms with Crippen LogP contribution in [0.4, 0.5) is 5.69 Å². The van der Waals surface area contributed by atoms with E-state index in [1.807, 2.05) is 59.4 Å². The molecule has 0 radical (unpaired) electrons. The molecule has 8 nitrogen and oxygen atoms in total. The van der Waals surface area contributed by atoms with Crippen LogP contribution in [0.25, 0.3) is 22.4 Å². The van der Waals surface area contributed by atoms with Gasteiger partial charge in [0.2, 0.25) is 5.91 Å². The van der Waals surface area contributed by atoms with E-state index >= 15 is 0 Å². The number of carbonyl (C=O) groups excluding carboxylic acids is 1. The second kappa shape index (κ2) is 8.64. The number of benzene rings is 2. The van der Waals surface area contributed by atoms with Crippen molar-refractivity contribution >= 4 is 34.1 Å².